The molecule has 0 N–H and O–H groups in total. The van der Waals surface area contributed by atoms with E-state index in [0.29, 0.717) is 16.5 Å². The number of aryl methyl sites for hydroxylation is 1. The molecule has 1 aromatic heterocycles. The molecule has 0 aliphatic rings. The summed E-state index contributed by atoms with van der Waals surface area (Å²) in [5.74, 6) is 0.313. The van der Waals surface area contributed by atoms with Crippen molar-refractivity contribution < 1.29 is 9.53 Å². The summed E-state index contributed by atoms with van der Waals surface area (Å²) in [6.45, 7) is 6.13. The number of aromatic nitrogens is 2. The Hall–Kier alpha value is -0.750. The maximum atomic E-state index is 11.4. The molecule has 6 heteroatoms. The molecule has 0 amide bonds. The van der Waals surface area contributed by atoms with E-state index in [1.807, 2.05) is 13.8 Å². The van der Waals surface area contributed by atoms with Crippen molar-refractivity contribution in [3.8, 4) is 0 Å². The monoisotopic (exact) mass is 232 g/mol. The second-order valence-corrected chi connectivity index (χ2v) is 5.10. The smallest absolute Gasteiger partial charge is 0.436 e. The van der Waals surface area contributed by atoms with Crippen LogP contribution in [0, 0.1) is 16.8 Å². The molecule has 0 bridgehead atoms. The molecule has 14 heavy (non-hydrogen) atoms. The predicted molar refractivity (Wildman–Crippen MR) is 57.3 cm³/mol. The van der Waals surface area contributed by atoms with Crippen molar-refractivity contribution >= 4 is 29.6 Å². The first-order chi connectivity index (χ1) is 6.50. The Morgan fingerprint density at radius 1 is 1.71 bits per heavy atom. The lowest BCUT2D eigenvalue weighted by Crippen LogP contribution is -2.17. The van der Waals surface area contributed by atoms with Gasteiger partial charge in [0, 0.05) is 0 Å². The molecule has 0 aliphatic heterocycles. The van der Waals surface area contributed by atoms with Crippen molar-refractivity contribution in [2.45, 2.75) is 20.8 Å². The van der Waals surface area contributed by atoms with E-state index >= 15 is 0 Å². The van der Waals surface area contributed by atoms with E-state index in [9.17, 15) is 4.79 Å². The van der Waals surface area contributed by atoms with Gasteiger partial charge in [0.1, 0.15) is 5.01 Å². The third-order valence-electron chi connectivity index (χ3n) is 1.36. The average Bonchev–Trinajstić information content (AvgIpc) is 2.41. The molecule has 0 unspecified atom stereocenters. The molecule has 0 atom stereocenters. The third kappa shape index (κ3) is 2.88. The Morgan fingerprint density at radius 2 is 2.36 bits per heavy atom. The lowest BCUT2D eigenvalue weighted by atomic mass is 10.2. The first-order valence-corrected chi connectivity index (χ1v) is 5.47. The molecule has 4 nitrogen and oxygen atoms in total. The molecule has 0 aromatic carbocycles. The molecule has 0 saturated carbocycles. The van der Waals surface area contributed by atoms with Gasteiger partial charge >= 0.3 is 6.09 Å². The lowest BCUT2D eigenvalue weighted by molar-refractivity contribution is 0.131. The Bertz CT molecular complexity index is 381. The minimum atomic E-state index is -0.493. The second-order valence-electron chi connectivity index (χ2n) is 3.27. The van der Waals surface area contributed by atoms with Crippen molar-refractivity contribution in [3.63, 3.8) is 0 Å². The Labute approximate surface area is 91.5 Å². The van der Waals surface area contributed by atoms with Crippen LogP contribution in [-0.2, 0) is 4.74 Å². The highest BCUT2D eigenvalue weighted by Crippen LogP contribution is 2.07. The van der Waals surface area contributed by atoms with Gasteiger partial charge in [-0.25, -0.2) is 4.79 Å². The standard InChI is InChI=1S/C8H12N2O2S2/c1-5(2)4-12-7(11)10-8(13)14-6(3)9-10/h5H,4H2,1-3H3. The second kappa shape index (κ2) is 4.65. The lowest BCUT2D eigenvalue weighted by Gasteiger charge is -2.05. The number of rotatable bonds is 2. The van der Waals surface area contributed by atoms with Gasteiger partial charge in [-0.15, -0.1) is 4.68 Å². The molecule has 0 spiro atoms. The quantitative estimate of drug-likeness (QED) is 0.735. The maximum absolute atomic E-state index is 11.4. The van der Waals surface area contributed by atoms with E-state index in [1.165, 1.54) is 11.3 Å². The van der Waals surface area contributed by atoms with E-state index in [-0.39, 0.29) is 0 Å². The van der Waals surface area contributed by atoms with E-state index in [0.717, 1.165) is 9.69 Å². The number of ether oxygens (including phenoxy) is 1. The van der Waals surface area contributed by atoms with Crippen LogP contribution in [0.1, 0.15) is 18.9 Å². The molecule has 78 valence electrons. The summed E-state index contributed by atoms with van der Waals surface area (Å²) in [7, 11) is 0. The van der Waals surface area contributed by atoms with Crippen molar-refractivity contribution in [2.75, 3.05) is 6.61 Å². The summed E-state index contributed by atoms with van der Waals surface area (Å²) in [4.78, 5) is 11.4. The topological polar surface area (TPSA) is 44.1 Å². The van der Waals surface area contributed by atoms with Crippen LogP contribution in [0.3, 0.4) is 0 Å². The number of hydrogen-bond acceptors (Lipinski definition) is 5. The molecule has 0 aliphatic carbocycles. The normalized spacial score (nSPS) is 10.6. The highest BCUT2D eigenvalue weighted by molar-refractivity contribution is 7.73. The summed E-state index contributed by atoms with van der Waals surface area (Å²) in [5.41, 5.74) is 0. The number of nitrogens with zero attached hydrogens (tertiary/aromatic N) is 2. The zero-order chi connectivity index (χ0) is 10.7. The highest BCUT2D eigenvalue weighted by atomic mass is 32.1. The summed E-state index contributed by atoms with van der Waals surface area (Å²) >= 11 is 6.24. The SMILES string of the molecule is Cc1nn(C(=O)OCC(C)C)c(=S)s1. The Kier molecular flexibility index (Phi) is 3.77. The average molecular weight is 232 g/mol. The van der Waals surface area contributed by atoms with Gasteiger partial charge in [0.25, 0.3) is 0 Å². The Morgan fingerprint density at radius 3 is 2.79 bits per heavy atom. The fraction of sp³-hybridized carbons (Fsp3) is 0.625. The van der Waals surface area contributed by atoms with Crippen LogP contribution in [-0.4, -0.2) is 22.5 Å². The van der Waals surface area contributed by atoms with E-state index in [1.54, 1.807) is 6.92 Å². The van der Waals surface area contributed by atoms with Gasteiger partial charge in [0.05, 0.1) is 6.61 Å². The fourth-order valence-electron chi connectivity index (χ4n) is 0.786. The number of hydrogen-bond donors (Lipinski definition) is 0. The summed E-state index contributed by atoms with van der Waals surface area (Å²) in [6, 6.07) is 0. The molecule has 1 heterocycles. The minimum Gasteiger partial charge on any atom is -0.448 e. The van der Waals surface area contributed by atoms with Crippen LogP contribution < -0.4 is 0 Å². The van der Waals surface area contributed by atoms with E-state index in [2.05, 4.69) is 5.10 Å². The summed E-state index contributed by atoms with van der Waals surface area (Å²) < 4.78 is 6.54. The van der Waals surface area contributed by atoms with E-state index < -0.39 is 6.09 Å². The third-order valence-corrected chi connectivity index (χ3v) is 2.51. The fourth-order valence-corrected chi connectivity index (χ4v) is 1.84. The van der Waals surface area contributed by atoms with E-state index in [4.69, 9.17) is 17.0 Å². The van der Waals surface area contributed by atoms with Gasteiger partial charge in [0.2, 0.25) is 0 Å². The molecular formula is C8H12N2O2S2. The molecule has 1 rings (SSSR count). The van der Waals surface area contributed by atoms with Crippen LogP contribution in [0.2, 0.25) is 0 Å². The van der Waals surface area contributed by atoms with Crippen LogP contribution in [0.15, 0.2) is 0 Å². The number of carbonyl (C=O) groups excluding carboxylic acids is 1. The molecule has 0 fully saturated rings. The van der Waals surface area contributed by atoms with Crippen LogP contribution in [0.25, 0.3) is 0 Å². The predicted octanol–water partition coefficient (Wildman–Crippen LogP) is 2.62. The van der Waals surface area contributed by atoms with Gasteiger partial charge in [-0.3, -0.25) is 0 Å². The van der Waals surface area contributed by atoms with Gasteiger partial charge < -0.3 is 4.74 Å². The Balaban J connectivity index is 2.70. The zero-order valence-corrected chi connectivity index (χ0v) is 9.94. The highest BCUT2D eigenvalue weighted by Gasteiger charge is 2.10. The zero-order valence-electron chi connectivity index (χ0n) is 8.31. The van der Waals surface area contributed by atoms with Crippen molar-refractivity contribution in [1.29, 1.82) is 0 Å². The molecule has 0 saturated heterocycles. The van der Waals surface area contributed by atoms with Crippen LogP contribution in [0.4, 0.5) is 4.79 Å². The van der Waals surface area contributed by atoms with Crippen molar-refractivity contribution in [1.82, 2.24) is 9.78 Å². The maximum Gasteiger partial charge on any atom is 0.436 e. The molecular weight excluding hydrogens is 220 g/mol. The van der Waals surface area contributed by atoms with Crippen LogP contribution in [0.5, 0.6) is 0 Å². The summed E-state index contributed by atoms with van der Waals surface area (Å²) in [5, 5.41) is 4.71. The number of carbonyl (C=O) groups is 1. The van der Waals surface area contributed by atoms with Gasteiger partial charge in [-0.1, -0.05) is 25.2 Å². The minimum absolute atomic E-state index is 0.313. The first-order valence-electron chi connectivity index (χ1n) is 4.24. The van der Waals surface area contributed by atoms with Gasteiger partial charge in [-0.05, 0) is 25.1 Å². The molecule has 0 radical (unpaired) electrons. The largest absolute Gasteiger partial charge is 0.448 e. The van der Waals surface area contributed by atoms with Crippen molar-refractivity contribution in [3.05, 3.63) is 8.96 Å². The van der Waals surface area contributed by atoms with Gasteiger partial charge in [-0.2, -0.15) is 5.10 Å². The molecule has 1 aromatic rings. The first kappa shape index (κ1) is 11.3. The summed E-state index contributed by atoms with van der Waals surface area (Å²) in [6.07, 6.45) is -0.493. The van der Waals surface area contributed by atoms with Gasteiger partial charge in [0.15, 0.2) is 3.95 Å². The van der Waals surface area contributed by atoms with Crippen molar-refractivity contribution in [2.24, 2.45) is 5.92 Å². The van der Waals surface area contributed by atoms with Crippen LogP contribution >= 0.6 is 23.6 Å².